The molecule has 2 aromatic carbocycles. The summed E-state index contributed by atoms with van der Waals surface area (Å²) in [6, 6.07) is 13.0. The third kappa shape index (κ3) is 5.80. The number of sulfonamides is 1. The smallest absolute Gasteiger partial charge is 0.261 e. The first kappa shape index (κ1) is 19.9. The lowest BCUT2D eigenvalue weighted by molar-refractivity contribution is 0.114. The minimum Gasteiger partial charge on any atom is -0.376 e. The minimum absolute atomic E-state index is 0.120. The molecular formula is C18H20ClN3O3S2. The fourth-order valence-electron chi connectivity index (χ4n) is 2.69. The molecule has 1 fully saturated rings. The molecule has 0 unspecified atom stereocenters. The number of nitrogens with one attached hydrogen (secondary N) is 3. The van der Waals surface area contributed by atoms with E-state index in [1.165, 1.54) is 12.1 Å². The van der Waals surface area contributed by atoms with E-state index in [2.05, 4.69) is 15.4 Å². The molecule has 3 N–H and O–H groups in total. The molecule has 1 aliphatic rings. The molecule has 0 aromatic heterocycles. The van der Waals surface area contributed by atoms with Crippen molar-refractivity contribution in [3.63, 3.8) is 0 Å². The molecule has 9 heteroatoms. The summed E-state index contributed by atoms with van der Waals surface area (Å²) in [6.07, 6.45) is 2.24. The first-order valence-electron chi connectivity index (χ1n) is 8.47. The van der Waals surface area contributed by atoms with E-state index in [-0.39, 0.29) is 11.0 Å². The number of hydrogen-bond acceptors (Lipinski definition) is 4. The minimum atomic E-state index is -3.75. The van der Waals surface area contributed by atoms with E-state index >= 15 is 0 Å². The number of thiocarbonyl (C=S) groups is 1. The number of rotatable bonds is 6. The van der Waals surface area contributed by atoms with Gasteiger partial charge in [0.25, 0.3) is 10.0 Å². The average Bonchev–Trinajstić information content (AvgIpc) is 3.13. The summed E-state index contributed by atoms with van der Waals surface area (Å²) in [4.78, 5) is 0.120. The SMILES string of the molecule is O=S(=O)(Nc1cccc(Cl)c1)c1cccc(NC(=S)NC[C@@H]2CCCO2)c1. The van der Waals surface area contributed by atoms with Crippen LogP contribution in [0.5, 0.6) is 0 Å². The molecule has 0 saturated carbocycles. The van der Waals surface area contributed by atoms with Gasteiger partial charge in [0.1, 0.15) is 0 Å². The molecule has 0 aliphatic carbocycles. The topological polar surface area (TPSA) is 79.5 Å². The summed E-state index contributed by atoms with van der Waals surface area (Å²) in [5, 5.41) is 6.97. The molecular weight excluding hydrogens is 406 g/mol. The second kappa shape index (κ2) is 8.88. The second-order valence-corrected chi connectivity index (χ2v) is 8.64. The van der Waals surface area contributed by atoms with Crippen LogP contribution in [0.1, 0.15) is 12.8 Å². The lowest BCUT2D eigenvalue weighted by Crippen LogP contribution is -2.34. The zero-order valence-corrected chi connectivity index (χ0v) is 16.8. The van der Waals surface area contributed by atoms with Crippen molar-refractivity contribution in [1.29, 1.82) is 0 Å². The maximum Gasteiger partial charge on any atom is 0.261 e. The maximum atomic E-state index is 12.6. The summed E-state index contributed by atoms with van der Waals surface area (Å²) in [5.41, 5.74) is 0.975. The quantitative estimate of drug-likeness (QED) is 0.613. The molecule has 0 amide bonds. The van der Waals surface area contributed by atoms with Crippen LogP contribution in [0.15, 0.2) is 53.4 Å². The number of hydrogen-bond donors (Lipinski definition) is 3. The van der Waals surface area contributed by atoms with Gasteiger partial charge in [0, 0.05) is 23.9 Å². The van der Waals surface area contributed by atoms with Gasteiger partial charge in [-0.15, -0.1) is 0 Å². The Morgan fingerprint density at radius 2 is 1.96 bits per heavy atom. The molecule has 1 atom stereocenters. The molecule has 1 saturated heterocycles. The Kier molecular flexibility index (Phi) is 6.54. The van der Waals surface area contributed by atoms with Crippen molar-refractivity contribution >= 4 is 50.3 Å². The van der Waals surface area contributed by atoms with Gasteiger partial charge in [-0.1, -0.05) is 23.7 Å². The van der Waals surface area contributed by atoms with Crippen molar-refractivity contribution in [2.45, 2.75) is 23.8 Å². The normalized spacial score (nSPS) is 16.7. The van der Waals surface area contributed by atoms with E-state index in [1.54, 1.807) is 36.4 Å². The molecule has 0 radical (unpaired) electrons. The average molecular weight is 426 g/mol. The summed E-state index contributed by atoms with van der Waals surface area (Å²) >= 11 is 11.2. The predicted octanol–water partition coefficient (Wildman–Crippen LogP) is 3.61. The van der Waals surface area contributed by atoms with E-state index < -0.39 is 10.0 Å². The van der Waals surface area contributed by atoms with Gasteiger partial charge in [-0.05, 0) is 61.5 Å². The molecule has 6 nitrogen and oxygen atoms in total. The molecule has 27 heavy (non-hydrogen) atoms. The maximum absolute atomic E-state index is 12.6. The first-order valence-corrected chi connectivity index (χ1v) is 10.7. The number of benzene rings is 2. The third-order valence-corrected chi connectivity index (χ3v) is 5.85. The highest BCUT2D eigenvalue weighted by molar-refractivity contribution is 7.92. The molecule has 2 aromatic rings. The van der Waals surface area contributed by atoms with Crippen LogP contribution in [0.25, 0.3) is 0 Å². The Labute approximate surface area is 169 Å². The van der Waals surface area contributed by atoms with Gasteiger partial charge >= 0.3 is 0 Å². The molecule has 0 bridgehead atoms. The van der Waals surface area contributed by atoms with E-state index in [1.807, 2.05) is 0 Å². The van der Waals surface area contributed by atoms with Crippen LogP contribution in [0.4, 0.5) is 11.4 Å². The van der Waals surface area contributed by atoms with Crippen LogP contribution < -0.4 is 15.4 Å². The molecule has 1 heterocycles. The second-order valence-electron chi connectivity index (χ2n) is 6.11. The van der Waals surface area contributed by atoms with Gasteiger partial charge in [-0.3, -0.25) is 4.72 Å². The fraction of sp³-hybridized carbons (Fsp3) is 0.278. The summed E-state index contributed by atoms with van der Waals surface area (Å²) < 4.78 is 33.3. The Hall–Kier alpha value is -1.87. The van der Waals surface area contributed by atoms with E-state index in [0.717, 1.165) is 19.4 Å². The van der Waals surface area contributed by atoms with Crippen LogP contribution in [0.2, 0.25) is 5.02 Å². The predicted molar refractivity (Wildman–Crippen MR) is 112 cm³/mol. The van der Waals surface area contributed by atoms with Crippen molar-refractivity contribution in [2.75, 3.05) is 23.2 Å². The molecule has 0 spiro atoms. The Morgan fingerprint density at radius 3 is 2.70 bits per heavy atom. The van der Waals surface area contributed by atoms with Crippen LogP contribution >= 0.6 is 23.8 Å². The standard InChI is InChI=1S/C18H20ClN3O3S2/c19-13-4-1-6-15(10-13)22-27(23,24)17-8-2-5-14(11-17)21-18(26)20-12-16-7-3-9-25-16/h1-2,4-6,8,10-11,16,22H,3,7,9,12H2,(H2,20,21,26)/t16-/m0/s1. The highest BCUT2D eigenvalue weighted by Crippen LogP contribution is 2.21. The van der Waals surface area contributed by atoms with Crippen LogP contribution in [-0.2, 0) is 14.8 Å². The van der Waals surface area contributed by atoms with Gasteiger partial charge in [-0.25, -0.2) is 8.42 Å². The lowest BCUT2D eigenvalue weighted by atomic mass is 10.2. The van der Waals surface area contributed by atoms with Crippen molar-refractivity contribution in [3.05, 3.63) is 53.6 Å². The largest absolute Gasteiger partial charge is 0.376 e. The third-order valence-electron chi connectivity index (χ3n) is 3.99. The lowest BCUT2D eigenvalue weighted by Gasteiger charge is -2.15. The van der Waals surface area contributed by atoms with Crippen molar-refractivity contribution in [3.8, 4) is 0 Å². The summed E-state index contributed by atoms with van der Waals surface area (Å²) in [7, 11) is -3.75. The Bertz CT molecular complexity index is 916. The van der Waals surface area contributed by atoms with Crippen molar-refractivity contribution in [1.82, 2.24) is 5.32 Å². The van der Waals surface area contributed by atoms with Crippen LogP contribution in [-0.4, -0.2) is 32.8 Å². The number of anilines is 2. The van der Waals surface area contributed by atoms with Gasteiger partial charge in [0.05, 0.1) is 16.7 Å². The van der Waals surface area contributed by atoms with Gasteiger partial charge in [-0.2, -0.15) is 0 Å². The van der Waals surface area contributed by atoms with E-state index in [4.69, 9.17) is 28.6 Å². The van der Waals surface area contributed by atoms with Gasteiger partial charge in [0.2, 0.25) is 0 Å². The molecule has 144 valence electrons. The number of ether oxygens (including phenoxy) is 1. The molecule has 1 aliphatic heterocycles. The van der Waals surface area contributed by atoms with Crippen molar-refractivity contribution in [2.24, 2.45) is 0 Å². The van der Waals surface area contributed by atoms with E-state index in [9.17, 15) is 8.42 Å². The van der Waals surface area contributed by atoms with Gasteiger partial charge < -0.3 is 15.4 Å². The Balaban J connectivity index is 1.64. The van der Waals surface area contributed by atoms with Crippen LogP contribution in [0.3, 0.4) is 0 Å². The number of halogens is 1. The van der Waals surface area contributed by atoms with Gasteiger partial charge in [0.15, 0.2) is 5.11 Å². The zero-order chi connectivity index (χ0) is 19.3. The Morgan fingerprint density at radius 1 is 1.19 bits per heavy atom. The highest BCUT2D eigenvalue weighted by atomic mass is 35.5. The summed E-state index contributed by atoms with van der Waals surface area (Å²) in [6.45, 7) is 1.41. The first-order chi connectivity index (χ1) is 12.9. The monoisotopic (exact) mass is 425 g/mol. The van der Waals surface area contributed by atoms with E-state index in [0.29, 0.717) is 28.1 Å². The molecule has 3 rings (SSSR count). The van der Waals surface area contributed by atoms with Crippen molar-refractivity contribution < 1.29 is 13.2 Å². The highest BCUT2D eigenvalue weighted by Gasteiger charge is 2.17. The fourth-order valence-corrected chi connectivity index (χ4v) is 4.18. The van der Waals surface area contributed by atoms with Crippen LogP contribution in [0, 0.1) is 0 Å². The summed E-state index contributed by atoms with van der Waals surface area (Å²) in [5.74, 6) is 0. The zero-order valence-electron chi connectivity index (χ0n) is 14.4.